The second kappa shape index (κ2) is 7.91. The summed E-state index contributed by atoms with van der Waals surface area (Å²) >= 11 is 0. The van der Waals surface area contributed by atoms with Gasteiger partial charge in [0.1, 0.15) is 23.2 Å². The minimum atomic E-state index is -2.84. The lowest BCUT2D eigenvalue weighted by Gasteiger charge is -2.11. The van der Waals surface area contributed by atoms with Gasteiger partial charge >= 0.3 is 0 Å². The monoisotopic (exact) mass is 377 g/mol. The minimum absolute atomic E-state index is 0.0258. The van der Waals surface area contributed by atoms with Gasteiger partial charge in [-0.1, -0.05) is 0 Å². The number of pyridine rings is 1. The van der Waals surface area contributed by atoms with Gasteiger partial charge in [-0.25, -0.2) is 23.7 Å². The number of hydrogen-bond donors (Lipinski definition) is 3. The fourth-order valence-corrected chi connectivity index (χ4v) is 2.40. The molecule has 142 valence electrons. The lowest BCUT2D eigenvalue weighted by molar-refractivity contribution is 0.140. The predicted octanol–water partition coefficient (Wildman–Crippen LogP) is 2.00. The maximum Gasteiger partial charge on any atom is 0.297 e. The summed E-state index contributed by atoms with van der Waals surface area (Å²) in [6.45, 7) is 0.346. The number of nitrogens with one attached hydrogen (secondary N) is 1. The molecule has 0 saturated carbocycles. The predicted molar refractivity (Wildman–Crippen MR) is 93.8 cm³/mol. The summed E-state index contributed by atoms with van der Waals surface area (Å²) < 4.78 is 32.6. The third kappa shape index (κ3) is 4.26. The molecule has 11 heteroatoms. The molecule has 3 aromatic heterocycles. The Labute approximate surface area is 152 Å². The summed E-state index contributed by atoms with van der Waals surface area (Å²) in [6, 6.07) is 2.92. The molecule has 27 heavy (non-hydrogen) atoms. The molecule has 0 aliphatic heterocycles. The molecular weight excluding hydrogens is 360 g/mol. The zero-order chi connectivity index (χ0) is 19.4. The largest absolute Gasteiger partial charge is 0.496 e. The van der Waals surface area contributed by atoms with Crippen LogP contribution < -0.4 is 15.8 Å². The first-order chi connectivity index (χ1) is 13.0. The van der Waals surface area contributed by atoms with Crippen LogP contribution in [-0.2, 0) is 6.54 Å². The van der Waals surface area contributed by atoms with Gasteiger partial charge in [-0.2, -0.15) is 5.10 Å². The van der Waals surface area contributed by atoms with Crippen LogP contribution in [0, 0.1) is 0 Å². The molecule has 0 radical (unpaired) electrons. The van der Waals surface area contributed by atoms with Crippen LogP contribution in [0.25, 0.3) is 11.1 Å². The van der Waals surface area contributed by atoms with Crippen LogP contribution in [0.3, 0.4) is 0 Å². The Hall–Kier alpha value is -3.34. The lowest BCUT2D eigenvalue weighted by Crippen LogP contribution is -2.05. The summed E-state index contributed by atoms with van der Waals surface area (Å²) in [5, 5.41) is 15.9. The molecule has 9 nitrogen and oxygen atoms in total. The van der Waals surface area contributed by atoms with Crippen LogP contribution in [-0.4, -0.2) is 43.6 Å². The zero-order valence-electron chi connectivity index (χ0n) is 14.3. The standard InChI is InChI=1S/C16H17F2N7O2/c1-27-11-4-13(23-14-5-12(19)22-16(24-14)15(17)18)20-7-10(11)9-6-21-25(8-9)2-3-26/h4-8,15,26H,2-3H2,1H3,(H3,19,20,22,23,24). The third-order valence-electron chi connectivity index (χ3n) is 3.57. The average molecular weight is 377 g/mol. The molecule has 0 aliphatic rings. The summed E-state index contributed by atoms with van der Waals surface area (Å²) in [4.78, 5) is 11.5. The first-order valence-electron chi connectivity index (χ1n) is 7.87. The van der Waals surface area contributed by atoms with E-state index in [-0.39, 0.29) is 18.2 Å². The minimum Gasteiger partial charge on any atom is -0.496 e. The fraction of sp³-hybridized carbons (Fsp3) is 0.250. The number of halogens is 2. The first kappa shape index (κ1) is 18.5. The maximum absolute atomic E-state index is 12.8. The Balaban J connectivity index is 1.88. The zero-order valence-corrected chi connectivity index (χ0v) is 14.3. The number of methoxy groups -OCH3 is 1. The van der Waals surface area contributed by atoms with Gasteiger partial charge in [-0.3, -0.25) is 4.68 Å². The molecule has 3 aromatic rings. The molecule has 3 heterocycles. The highest BCUT2D eigenvalue weighted by Crippen LogP contribution is 2.31. The van der Waals surface area contributed by atoms with Gasteiger partial charge < -0.3 is 20.9 Å². The molecule has 0 spiro atoms. The molecule has 0 atom stereocenters. The van der Waals surface area contributed by atoms with E-state index in [1.807, 2.05) is 0 Å². The van der Waals surface area contributed by atoms with Gasteiger partial charge in [0.25, 0.3) is 6.43 Å². The van der Waals surface area contributed by atoms with E-state index in [1.165, 1.54) is 13.2 Å². The van der Waals surface area contributed by atoms with Crippen molar-refractivity contribution in [2.45, 2.75) is 13.0 Å². The molecule has 0 aliphatic carbocycles. The molecule has 0 bridgehead atoms. The van der Waals surface area contributed by atoms with Crippen molar-refractivity contribution < 1.29 is 18.6 Å². The lowest BCUT2D eigenvalue weighted by atomic mass is 10.1. The van der Waals surface area contributed by atoms with Gasteiger partial charge in [0, 0.05) is 35.7 Å². The smallest absolute Gasteiger partial charge is 0.297 e. The van der Waals surface area contributed by atoms with E-state index in [0.717, 1.165) is 5.56 Å². The molecule has 4 N–H and O–H groups in total. The van der Waals surface area contributed by atoms with Crippen molar-refractivity contribution in [2.24, 2.45) is 0 Å². The van der Waals surface area contributed by atoms with Gasteiger partial charge in [0.2, 0.25) is 0 Å². The Kier molecular flexibility index (Phi) is 5.41. The Morgan fingerprint density at radius 1 is 1.26 bits per heavy atom. The quantitative estimate of drug-likeness (QED) is 0.571. The van der Waals surface area contributed by atoms with Crippen molar-refractivity contribution in [1.82, 2.24) is 24.7 Å². The van der Waals surface area contributed by atoms with Crippen LogP contribution in [0.5, 0.6) is 5.75 Å². The number of nitrogen functional groups attached to an aromatic ring is 1. The summed E-state index contributed by atoms with van der Waals surface area (Å²) in [5.41, 5.74) is 6.98. The topological polar surface area (TPSA) is 124 Å². The van der Waals surface area contributed by atoms with Crippen molar-refractivity contribution in [3.05, 3.63) is 36.5 Å². The van der Waals surface area contributed by atoms with Crippen molar-refractivity contribution in [3.8, 4) is 16.9 Å². The number of rotatable bonds is 7. The third-order valence-corrected chi connectivity index (χ3v) is 3.57. The van der Waals surface area contributed by atoms with Crippen molar-refractivity contribution in [3.63, 3.8) is 0 Å². The van der Waals surface area contributed by atoms with Crippen LogP contribution in [0.4, 0.5) is 26.2 Å². The number of aliphatic hydroxyl groups excluding tert-OH is 1. The van der Waals surface area contributed by atoms with Gasteiger partial charge in [0.15, 0.2) is 5.82 Å². The molecular formula is C16H17F2N7O2. The first-order valence-corrected chi connectivity index (χ1v) is 7.87. The summed E-state index contributed by atoms with van der Waals surface area (Å²) in [6.07, 6.45) is 2.10. The van der Waals surface area contributed by atoms with Crippen LogP contribution >= 0.6 is 0 Å². The molecule has 0 fully saturated rings. The second-order valence-corrected chi connectivity index (χ2v) is 5.45. The van der Waals surface area contributed by atoms with Gasteiger partial charge in [-0.15, -0.1) is 0 Å². The van der Waals surface area contributed by atoms with Gasteiger partial charge in [0.05, 0.1) is 26.5 Å². The molecule has 3 rings (SSSR count). The van der Waals surface area contributed by atoms with E-state index in [2.05, 4.69) is 25.4 Å². The second-order valence-electron chi connectivity index (χ2n) is 5.45. The molecule has 0 aromatic carbocycles. The van der Waals surface area contributed by atoms with Gasteiger partial charge in [-0.05, 0) is 0 Å². The highest BCUT2D eigenvalue weighted by Gasteiger charge is 2.15. The molecule has 0 amide bonds. The van der Waals surface area contributed by atoms with E-state index in [4.69, 9.17) is 15.6 Å². The maximum atomic E-state index is 12.8. The number of nitrogens with zero attached hydrogens (tertiary/aromatic N) is 5. The Morgan fingerprint density at radius 2 is 2.07 bits per heavy atom. The normalized spacial score (nSPS) is 11.0. The van der Waals surface area contributed by atoms with Crippen LogP contribution in [0.2, 0.25) is 0 Å². The van der Waals surface area contributed by atoms with E-state index < -0.39 is 12.2 Å². The number of nitrogens with two attached hydrogens (primary N) is 1. The van der Waals surface area contributed by atoms with Crippen LogP contribution in [0.15, 0.2) is 30.7 Å². The van der Waals surface area contributed by atoms with E-state index in [1.54, 1.807) is 29.3 Å². The number of aromatic nitrogens is 5. The van der Waals surface area contributed by atoms with Crippen molar-refractivity contribution in [2.75, 3.05) is 24.8 Å². The van der Waals surface area contributed by atoms with E-state index in [9.17, 15) is 8.78 Å². The van der Waals surface area contributed by atoms with Crippen molar-refractivity contribution >= 4 is 17.5 Å². The number of aliphatic hydroxyl groups is 1. The van der Waals surface area contributed by atoms with E-state index in [0.29, 0.717) is 23.7 Å². The molecule has 0 saturated heterocycles. The highest BCUT2D eigenvalue weighted by atomic mass is 19.3. The number of anilines is 3. The number of hydrogen-bond acceptors (Lipinski definition) is 8. The molecule has 0 unspecified atom stereocenters. The number of ether oxygens (including phenoxy) is 1. The number of alkyl halides is 2. The van der Waals surface area contributed by atoms with E-state index >= 15 is 0 Å². The summed E-state index contributed by atoms with van der Waals surface area (Å²) in [7, 11) is 1.50. The Bertz CT molecular complexity index is 933. The highest BCUT2D eigenvalue weighted by molar-refractivity contribution is 5.71. The van der Waals surface area contributed by atoms with Crippen molar-refractivity contribution in [1.29, 1.82) is 0 Å². The Morgan fingerprint density at radius 3 is 2.78 bits per heavy atom. The average Bonchev–Trinajstić information content (AvgIpc) is 3.09. The van der Waals surface area contributed by atoms with Crippen LogP contribution in [0.1, 0.15) is 12.2 Å². The summed E-state index contributed by atoms with van der Waals surface area (Å²) in [5.74, 6) is 0.166. The SMILES string of the molecule is COc1cc(Nc2cc(N)nc(C(F)F)n2)ncc1-c1cnn(CCO)c1. The fourth-order valence-electron chi connectivity index (χ4n) is 2.40.